The number of hydrogen-bond acceptors (Lipinski definition) is 9. The number of carbonyl (C=O) groups excluding carboxylic acids is 5. The van der Waals surface area contributed by atoms with Crippen molar-refractivity contribution in [2.24, 2.45) is 5.92 Å². The summed E-state index contributed by atoms with van der Waals surface area (Å²) in [5.41, 5.74) is -5.39. The second-order valence-corrected chi connectivity index (χ2v) is 8.15. The predicted octanol–water partition coefficient (Wildman–Crippen LogP) is 0.877. The third kappa shape index (κ3) is 2.55. The first-order chi connectivity index (χ1) is 15.6. The van der Waals surface area contributed by atoms with Gasteiger partial charge in [0.2, 0.25) is 11.5 Å². The Kier molecular flexibility index (Phi) is 5.16. The minimum Gasteiger partial charge on any atom is -0.466 e. The summed E-state index contributed by atoms with van der Waals surface area (Å²) in [5, 5.41) is 0. The maximum absolute atomic E-state index is 14.0. The van der Waals surface area contributed by atoms with Gasteiger partial charge in [0.15, 0.2) is 0 Å². The summed E-state index contributed by atoms with van der Waals surface area (Å²) in [4.78, 5) is 68.3. The fraction of sp³-hybridized carbons (Fsp3) is 0.435. The molecule has 1 amide bonds. The fourth-order valence-electron chi connectivity index (χ4n) is 4.99. The summed E-state index contributed by atoms with van der Waals surface area (Å²) in [6.45, 7) is 4.77. The van der Waals surface area contributed by atoms with Gasteiger partial charge in [0.05, 0.1) is 20.8 Å². The lowest BCUT2D eigenvalue weighted by atomic mass is 9.81. The Bertz CT molecular complexity index is 1140. The topological polar surface area (TPSA) is 126 Å². The van der Waals surface area contributed by atoms with Gasteiger partial charge in [0.25, 0.3) is 11.5 Å². The molecule has 0 radical (unpaired) electrons. The summed E-state index contributed by atoms with van der Waals surface area (Å²) in [6.07, 6.45) is 0. The van der Waals surface area contributed by atoms with E-state index in [-0.39, 0.29) is 17.7 Å². The molecule has 1 saturated heterocycles. The van der Waals surface area contributed by atoms with E-state index >= 15 is 0 Å². The fourth-order valence-corrected chi connectivity index (χ4v) is 4.99. The number of esters is 3. The van der Waals surface area contributed by atoms with E-state index in [9.17, 15) is 24.0 Å². The molecule has 1 aromatic carbocycles. The third-order valence-electron chi connectivity index (χ3n) is 6.19. The second kappa shape index (κ2) is 7.51. The number of rotatable bonds is 5. The van der Waals surface area contributed by atoms with Gasteiger partial charge in [-0.1, -0.05) is 32.0 Å². The Morgan fingerprint density at radius 1 is 1.06 bits per heavy atom. The lowest BCUT2D eigenvalue weighted by Gasteiger charge is -2.48. The van der Waals surface area contributed by atoms with E-state index in [0.717, 1.165) is 19.1 Å². The van der Waals surface area contributed by atoms with E-state index in [0.29, 0.717) is 0 Å². The van der Waals surface area contributed by atoms with Gasteiger partial charge in [0, 0.05) is 11.1 Å². The number of Topliss-reactive ketones (excluding diaryl/α,β-unsaturated/α-hetero) is 1. The average Bonchev–Trinajstić information content (AvgIpc) is 3.23. The maximum atomic E-state index is 14.0. The van der Waals surface area contributed by atoms with Crippen molar-refractivity contribution < 1.29 is 42.9 Å². The van der Waals surface area contributed by atoms with Gasteiger partial charge in [0.1, 0.15) is 17.2 Å². The van der Waals surface area contributed by atoms with Crippen molar-refractivity contribution in [1.29, 1.82) is 0 Å². The van der Waals surface area contributed by atoms with E-state index in [1.54, 1.807) is 32.0 Å². The molecule has 33 heavy (non-hydrogen) atoms. The number of benzene rings is 1. The van der Waals surface area contributed by atoms with Crippen LogP contribution in [0.25, 0.3) is 0 Å². The van der Waals surface area contributed by atoms with Crippen molar-refractivity contribution in [3.05, 3.63) is 46.5 Å². The first-order valence-corrected chi connectivity index (χ1v) is 10.4. The number of hydrogen-bond donors (Lipinski definition) is 0. The van der Waals surface area contributed by atoms with Crippen LogP contribution in [-0.2, 0) is 43.9 Å². The first-order valence-electron chi connectivity index (χ1n) is 10.4. The molecule has 10 nitrogen and oxygen atoms in total. The zero-order chi connectivity index (χ0) is 24.3. The van der Waals surface area contributed by atoms with Gasteiger partial charge in [-0.25, -0.2) is 14.4 Å². The molecule has 3 heterocycles. The molecule has 2 bridgehead atoms. The van der Waals surface area contributed by atoms with Crippen LogP contribution in [0.4, 0.5) is 0 Å². The van der Waals surface area contributed by atoms with Crippen LogP contribution in [0.3, 0.4) is 0 Å². The quantitative estimate of drug-likeness (QED) is 0.360. The van der Waals surface area contributed by atoms with Crippen LogP contribution in [-0.4, -0.2) is 67.0 Å². The van der Waals surface area contributed by atoms with E-state index in [2.05, 4.69) is 0 Å². The Morgan fingerprint density at radius 3 is 2.24 bits per heavy atom. The Morgan fingerprint density at radius 2 is 1.67 bits per heavy atom. The monoisotopic (exact) mass is 457 g/mol. The molecule has 1 aromatic rings. The molecule has 4 rings (SSSR count). The van der Waals surface area contributed by atoms with E-state index < -0.39 is 64.0 Å². The van der Waals surface area contributed by atoms with Gasteiger partial charge >= 0.3 is 17.9 Å². The first kappa shape index (κ1) is 22.7. The summed E-state index contributed by atoms with van der Waals surface area (Å²) in [7, 11) is 2.12. The smallest absolute Gasteiger partial charge is 0.351 e. The average molecular weight is 457 g/mol. The highest BCUT2D eigenvalue weighted by molar-refractivity contribution is 6.25. The lowest BCUT2D eigenvalue weighted by molar-refractivity contribution is -0.225. The van der Waals surface area contributed by atoms with Gasteiger partial charge < -0.3 is 18.9 Å². The summed E-state index contributed by atoms with van der Waals surface area (Å²) >= 11 is 0. The van der Waals surface area contributed by atoms with E-state index in [4.69, 9.17) is 18.9 Å². The van der Waals surface area contributed by atoms with Gasteiger partial charge in [-0.05, 0) is 18.9 Å². The summed E-state index contributed by atoms with van der Waals surface area (Å²) in [6, 6.07) is 5.08. The number of amides is 1. The molecule has 10 heteroatoms. The highest BCUT2D eigenvalue weighted by Gasteiger charge is 2.79. The maximum Gasteiger partial charge on any atom is 0.351 e. The molecular formula is C23H23NO9. The van der Waals surface area contributed by atoms with Crippen molar-refractivity contribution in [2.75, 3.05) is 20.8 Å². The van der Waals surface area contributed by atoms with Crippen molar-refractivity contribution in [3.8, 4) is 0 Å². The summed E-state index contributed by atoms with van der Waals surface area (Å²) < 4.78 is 21.2. The summed E-state index contributed by atoms with van der Waals surface area (Å²) in [5.74, 6) is -5.35. The van der Waals surface area contributed by atoms with E-state index in [1.165, 1.54) is 13.0 Å². The number of fused-ring (bicyclic) bond motifs is 2. The Labute approximate surface area is 189 Å². The largest absolute Gasteiger partial charge is 0.466 e. The van der Waals surface area contributed by atoms with Crippen LogP contribution in [0.2, 0.25) is 0 Å². The molecule has 0 aromatic heterocycles. The number of nitrogens with zero attached hydrogens (tertiary/aromatic N) is 1. The molecule has 0 unspecified atom stereocenters. The third-order valence-corrected chi connectivity index (χ3v) is 6.19. The van der Waals surface area contributed by atoms with Crippen molar-refractivity contribution in [1.82, 2.24) is 4.90 Å². The molecule has 1 fully saturated rings. The molecule has 0 aliphatic carbocycles. The Balaban J connectivity index is 2.21. The predicted molar refractivity (Wildman–Crippen MR) is 109 cm³/mol. The molecule has 3 atom stereocenters. The van der Waals surface area contributed by atoms with Crippen LogP contribution in [0, 0.1) is 5.92 Å². The number of methoxy groups -OCH3 is 2. The highest BCUT2D eigenvalue weighted by atomic mass is 16.6. The zero-order valence-corrected chi connectivity index (χ0v) is 18.8. The normalized spacial score (nSPS) is 27.5. The molecule has 3 aliphatic heterocycles. The van der Waals surface area contributed by atoms with Crippen LogP contribution in [0.15, 0.2) is 35.4 Å². The molecule has 3 aliphatic rings. The van der Waals surface area contributed by atoms with Crippen LogP contribution < -0.4 is 0 Å². The molecule has 0 N–H and O–H groups in total. The van der Waals surface area contributed by atoms with Crippen molar-refractivity contribution >= 4 is 29.6 Å². The van der Waals surface area contributed by atoms with Crippen LogP contribution in [0.1, 0.15) is 36.7 Å². The number of ether oxygens (including phenoxy) is 4. The number of carbonyl (C=O) groups is 5. The Hall–Kier alpha value is -3.53. The highest BCUT2D eigenvalue weighted by Crippen LogP contribution is 2.61. The van der Waals surface area contributed by atoms with Crippen LogP contribution >= 0.6 is 0 Å². The van der Waals surface area contributed by atoms with Crippen molar-refractivity contribution in [2.45, 2.75) is 38.1 Å². The van der Waals surface area contributed by atoms with Crippen LogP contribution in [0.5, 0.6) is 0 Å². The molecule has 174 valence electrons. The standard InChI is InChI=1S/C23H23NO9/c1-6-32-21(29)22-14(19(27)30-4)15(20(28)31-5)23(33-22)13-10-8-7-9-12(13)18(26)24(23)16(11(2)3)17(22)25/h7-11,16H,6H2,1-5H3/t16-,22-,23+/m1/s1. The lowest BCUT2D eigenvalue weighted by Crippen LogP contribution is -2.69. The second-order valence-electron chi connectivity index (χ2n) is 8.15. The minimum absolute atomic E-state index is 0.127. The molecular weight excluding hydrogens is 434 g/mol. The van der Waals surface area contributed by atoms with Gasteiger partial charge in [-0.3, -0.25) is 14.5 Å². The number of ketones is 1. The van der Waals surface area contributed by atoms with Gasteiger partial charge in [-0.2, -0.15) is 0 Å². The zero-order valence-electron chi connectivity index (χ0n) is 18.8. The molecule has 0 saturated carbocycles. The van der Waals surface area contributed by atoms with Crippen molar-refractivity contribution in [3.63, 3.8) is 0 Å². The van der Waals surface area contributed by atoms with E-state index in [1.807, 2.05) is 0 Å². The SMILES string of the molecule is CCOC(=O)[C@@]12O[C@]3(C(C(=O)OC)=C1C(=O)OC)c1ccccc1C(=O)N3[C@H](C(C)C)C2=O. The van der Waals surface area contributed by atoms with Gasteiger partial charge in [-0.15, -0.1) is 0 Å². The minimum atomic E-state index is -2.62. The molecule has 1 spiro atoms.